The van der Waals surface area contributed by atoms with Gasteiger partial charge in [-0.05, 0) is 45.1 Å². The first-order valence-electron chi connectivity index (χ1n) is 6.45. The summed E-state index contributed by atoms with van der Waals surface area (Å²) in [5.41, 5.74) is 0. The first-order chi connectivity index (χ1) is 7.97. The summed E-state index contributed by atoms with van der Waals surface area (Å²) in [4.78, 5) is 0. The Morgan fingerprint density at radius 1 is 1.29 bits per heavy atom. The molecule has 0 radical (unpaired) electrons. The summed E-state index contributed by atoms with van der Waals surface area (Å²) in [6, 6.07) is 0. The van der Waals surface area contributed by atoms with Crippen molar-refractivity contribution in [2.75, 3.05) is 24.7 Å². The molecule has 2 unspecified atom stereocenters. The van der Waals surface area contributed by atoms with E-state index in [0.29, 0.717) is 18.4 Å². The van der Waals surface area contributed by atoms with Gasteiger partial charge >= 0.3 is 0 Å². The van der Waals surface area contributed by atoms with Crippen molar-refractivity contribution in [2.24, 2.45) is 11.8 Å². The molecule has 0 aromatic carbocycles. The van der Waals surface area contributed by atoms with E-state index in [2.05, 4.69) is 5.32 Å². The number of rotatable bonds is 7. The van der Waals surface area contributed by atoms with Gasteiger partial charge in [-0.15, -0.1) is 11.6 Å². The minimum atomic E-state index is -2.90. The fourth-order valence-corrected chi connectivity index (χ4v) is 3.63. The van der Waals surface area contributed by atoms with Crippen LogP contribution in [0.2, 0.25) is 0 Å². The lowest BCUT2D eigenvalue weighted by Gasteiger charge is -2.17. The Balaban J connectivity index is 2.20. The lowest BCUT2D eigenvalue weighted by Crippen LogP contribution is -2.31. The number of halogens is 1. The quantitative estimate of drug-likeness (QED) is 0.574. The number of nitrogens with one attached hydrogen (secondary N) is 1. The lowest BCUT2D eigenvalue weighted by molar-refractivity contribution is 0.400. The summed E-state index contributed by atoms with van der Waals surface area (Å²) in [5, 5.41) is 2.99. The topological polar surface area (TPSA) is 46.2 Å². The molecule has 1 aliphatic carbocycles. The molecule has 1 saturated carbocycles. The molecular weight excluding hydrogens is 258 g/mol. The molecule has 0 aromatic heterocycles. The van der Waals surface area contributed by atoms with Crippen molar-refractivity contribution in [2.45, 2.75) is 38.4 Å². The van der Waals surface area contributed by atoms with Crippen LogP contribution in [0.25, 0.3) is 0 Å². The van der Waals surface area contributed by atoms with E-state index in [1.165, 1.54) is 19.3 Å². The van der Waals surface area contributed by atoms with E-state index < -0.39 is 9.84 Å². The van der Waals surface area contributed by atoms with Crippen LogP contribution < -0.4 is 5.32 Å². The van der Waals surface area contributed by atoms with Gasteiger partial charge in [0.2, 0.25) is 0 Å². The molecule has 0 bridgehead atoms. The predicted molar refractivity (Wildman–Crippen MR) is 73.3 cm³/mol. The van der Waals surface area contributed by atoms with Gasteiger partial charge in [-0.1, -0.05) is 6.42 Å². The molecule has 5 heteroatoms. The van der Waals surface area contributed by atoms with Gasteiger partial charge in [0, 0.05) is 12.4 Å². The van der Waals surface area contributed by atoms with Crippen LogP contribution >= 0.6 is 11.6 Å². The molecule has 0 spiro atoms. The molecule has 1 fully saturated rings. The minimum absolute atomic E-state index is 0.239. The third-order valence-electron chi connectivity index (χ3n) is 3.70. The van der Waals surface area contributed by atoms with Crippen LogP contribution in [0, 0.1) is 11.8 Å². The summed E-state index contributed by atoms with van der Waals surface area (Å²) >= 11 is 5.91. The largest absolute Gasteiger partial charge is 0.315 e. The maximum Gasteiger partial charge on any atom is 0.153 e. The van der Waals surface area contributed by atoms with E-state index in [0.717, 1.165) is 12.4 Å². The summed E-state index contributed by atoms with van der Waals surface area (Å²) in [5.74, 6) is 2.22. The van der Waals surface area contributed by atoms with Gasteiger partial charge in [-0.3, -0.25) is 0 Å². The Morgan fingerprint density at radius 2 is 1.94 bits per heavy atom. The highest BCUT2D eigenvalue weighted by molar-refractivity contribution is 7.92. The molecule has 0 aliphatic heterocycles. The Bertz CT molecular complexity index is 316. The first-order valence-corrected chi connectivity index (χ1v) is 8.70. The monoisotopic (exact) mass is 281 g/mol. The van der Waals surface area contributed by atoms with Gasteiger partial charge in [0.05, 0.1) is 11.0 Å². The third kappa shape index (κ3) is 4.76. The Morgan fingerprint density at radius 3 is 2.53 bits per heavy atom. The van der Waals surface area contributed by atoms with Gasteiger partial charge in [0.1, 0.15) is 0 Å². The van der Waals surface area contributed by atoms with Gasteiger partial charge in [-0.25, -0.2) is 8.42 Å². The van der Waals surface area contributed by atoms with Gasteiger partial charge < -0.3 is 5.32 Å². The molecular formula is C12H24ClNO2S. The average Bonchev–Trinajstić information content (AvgIpc) is 2.71. The fourth-order valence-electron chi connectivity index (χ4n) is 2.32. The van der Waals surface area contributed by atoms with Crippen molar-refractivity contribution in [3.63, 3.8) is 0 Å². The summed E-state index contributed by atoms with van der Waals surface area (Å²) in [7, 11) is -2.90. The molecule has 0 aromatic rings. The zero-order chi connectivity index (χ0) is 12.9. The van der Waals surface area contributed by atoms with Crippen molar-refractivity contribution in [1.82, 2.24) is 5.32 Å². The van der Waals surface area contributed by atoms with Gasteiger partial charge in [-0.2, -0.15) is 0 Å². The van der Waals surface area contributed by atoms with Crippen molar-refractivity contribution < 1.29 is 8.42 Å². The van der Waals surface area contributed by atoms with Crippen LogP contribution in [-0.2, 0) is 9.84 Å². The van der Waals surface area contributed by atoms with Crippen LogP contribution in [-0.4, -0.2) is 38.4 Å². The van der Waals surface area contributed by atoms with E-state index >= 15 is 0 Å². The third-order valence-corrected chi connectivity index (χ3v) is 6.31. The normalized spacial score (nSPS) is 25.6. The van der Waals surface area contributed by atoms with Crippen molar-refractivity contribution in [3.05, 3.63) is 0 Å². The highest BCUT2D eigenvalue weighted by atomic mass is 35.5. The Kier molecular flexibility index (Phi) is 6.24. The molecule has 0 amide bonds. The molecule has 0 saturated heterocycles. The lowest BCUT2D eigenvalue weighted by atomic mass is 9.98. The predicted octanol–water partition coefficient (Wildman–Crippen LogP) is 2.05. The van der Waals surface area contributed by atoms with Gasteiger partial charge in [0.15, 0.2) is 9.84 Å². The number of sulfone groups is 1. The van der Waals surface area contributed by atoms with Crippen LogP contribution in [0.4, 0.5) is 0 Å². The second kappa shape index (κ2) is 6.95. The number of hydrogen-bond acceptors (Lipinski definition) is 3. The van der Waals surface area contributed by atoms with Crippen molar-refractivity contribution in [3.8, 4) is 0 Å². The molecule has 102 valence electrons. The standard InChI is InChI=1S/C12H24ClNO2S/c1-10(2)17(15,16)7-6-14-9-12-5-3-4-11(12)8-13/h10-12,14H,3-9H2,1-2H3. The average molecular weight is 282 g/mol. The van der Waals surface area contributed by atoms with Crippen molar-refractivity contribution >= 4 is 21.4 Å². The van der Waals surface area contributed by atoms with E-state index in [9.17, 15) is 8.42 Å². The summed E-state index contributed by atoms with van der Waals surface area (Å²) in [6.07, 6.45) is 3.70. The van der Waals surface area contributed by atoms with E-state index in [1.807, 2.05) is 0 Å². The smallest absolute Gasteiger partial charge is 0.153 e. The van der Waals surface area contributed by atoms with Crippen LogP contribution in [0.15, 0.2) is 0 Å². The van der Waals surface area contributed by atoms with E-state index in [4.69, 9.17) is 11.6 Å². The minimum Gasteiger partial charge on any atom is -0.315 e. The molecule has 1 N–H and O–H groups in total. The van der Waals surface area contributed by atoms with Crippen LogP contribution in [0.3, 0.4) is 0 Å². The molecule has 3 nitrogen and oxygen atoms in total. The SMILES string of the molecule is CC(C)S(=O)(=O)CCNCC1CCCC1CCl. The summed E-state index contributed by atoms with van der Waals surface area (Å²) in [6.45, 7) is 4.93. The first kappa shape index (κ1) is 15.3. The van der Waals surface area contributed by atoms with Gasteiger partial charge in [0.25, 0.3) is 0 Å². The second-order valence-electron chi connectivity index (χ2n) is 5.23. The van der Waals surface area contributed by atoms with Crippen LogP contribution in [0.5, 0.6) is 0 Å². The zero-order valence-electron chi connectivity index (χ0n) is 10.8. The summed E-state index contributed by atoms with van der Waals surface area (Å²) < 4.78 is 23.2. The zero-order valence-corrected chi connectivity index (χ0v) is 12.4. The van der Waals surface area contributed by atoms with E-state index in [1.54, 1.807) is 13.8 Å². The highest BCUT2D eigenvalue weighted by Gasteiger charge is 2.26. The van der Waals surface area contributed by atoms with Crippen LogP contribution in [0.1, 0.15) is 33.1 Å². The Hall–Kier alpha value is 0.200. The molecule has 1 rings (SSSR count). The Labute approximate surface area is 110 Å². The fraction of sp³-hybridized carbons (Fsp3) is 1.00. The van der Waals surface area contributed by atoms with E-state index in [-0.39, 0.29) is 11.0 Å². The molecule has 17 heavy (non-hydrogen) atoms. The second-order valence-corrected chi connectivity index (χ2v) is 8.21. The number of hydrogen-bond donors (Lipinski definition) is 1. The molecule has 1 aliphatic rings. The molecule has 2 atom stereocenters. The number of alkyl halides is 1. The maximum absolute atomic E-state index is 11.6. The van der Waals surface area contributed by atoms with Crippen molar-refractivity contribution in [1.29, 1.82) is 0 Å². The highest BCUT2D eigenvalue weighted by Crippen LogP contribution is 2.31. The molecule has 0 heterocycles. The maximum atomic E-state index is 11.6.